The predicted molar refractivity (Wildman–Crippen MR) is 390 cm³/mol. The average Bonchev–Trinajstić information content (AvgIpc) is 0.880. The number of carbonyl (C=O) groups is 9. The van der Waals surface area contributed by atoms with Crippen molar-refractivity contribution in [3.63, 3.8) is 0 Å². The molecule has 1 aliphatic rings. The summed E-state index contributed by atoms with van der Waals surface area (Å²) in [5, 5.41) is 124. The minimum absolute atomic E-state index is 0. The first-order valence-electron chi connectivity index (χ1n) is 31.5. The Morgan fingerprint density at radius 3 is 0.980 bits per heavy atom. The topological polar surface area (TPSA) is 499 Å². The Hall–Kier alpha value is -3.96. The molecule has 0 aromatic rings. The van der Waals surface area contributed by atoms with E-state index in [-0.39, 0.29) is 228 Å². The molecule has 1 saturated heterocycles. The van der Waals surface area contributed by atoms with E-state index in [0.717, 1.165) is 26.3 Å². The number of nitrogens with one attached hydrogen (secondary N) is 1. The summed E-state index contributed by atoms with van der Waals surface area (Å²) in [5.74, 6) is -0.750. The Labute approximate surface area is 602 Å². The van der Waals surface area contributed by atoms with Crippen LogP contribution in [0.2, 0.25) is 0 Å². The van der Waals surface area contributed by atoms with Crippen molar-refractivity contribution in [3.8, 4) is 0 Å². The molecule has 17 N–H and O–H groups in total. The third kappa shape index (κ3) is 100. The van der Waals surface area contributed by atoms with Crippen LogP contribution in [0.3, 0.4) is 0 Å². The number of hydrogen-bond acceptors (Lipinski definition) is 26. The second-order valence-corrected chi connectivity index (χ2v) is 22.1. The van der Waals surface area contributed by atoms with Crippen LogP contribution in [0.4, 0.5) is 0 Å². The van der Waals surface area contributed by atoms with Gasteiger partial charge in [-0.1, -0.05) is 27.7 Å². The molecule has 0 aliphatic carbocycles. The molecule has 1 aliphatic heterocycles. The summed E-state index contributed by atoms with van der Waals surface area (Å²) in [5.41, 5.74) is 0. The molecule has 99 heavy (non-hydrogen) atoms. The molecule has 0 bridgehead atoms. The average molecular weight is 1480 g/mol. The van der Waals surface area contributed by atoms with Crippen LogP contribution in [-0.2, 0) is 47.9 Å². The number of ether oxygens (including phenoxy) is 1. The number of rotatable bonds is 41. The highest BCUT2D eigenvalue weighted by atomic mass is 35.5. The summed E-state index contributed by atoms with van der Waals surface area (Å²) in [6.45, 7) is 29.4. The lowest BCUT2D eigenvalue weighted by atomic mass is 10.2. The quantitative estimate of drug-likeness (QED) is 0.0156. The lowest BCUT2D eigenvalue weighted by Crippen LogP contribution is -2.56. The van der Waals surface area contributed by atoms with Crippen LogP contribution in [-0.4, -0.2) is 426 Å². The Balaban J connectivity index is -0.0000000620. The van der Waals surface area contributed by atoms with E-state index in [2.05, 4.69) is 10.2 Å². The van der Waals surface area contributed by atoms with Crippen molar-refractivity contribution in [2.75, 3.05) is 264 Å². The largest absolute Gasteiger partial charge is 0.477 e. The number of morpholine rings is 1. The van der Waals surface area contributed by atoms with Gasteiger partial charge in [-0.25, -0.2) is 4.79 Å². The van der Waals surface area contributed by atoms with Crippen molar-refractivity contribution in [2.45, 2.75) is 83.1 Å². The summed E-state index contributed by atoms with van der Waals surface area (Å²) in [6, 6.07) is 0. The normalized spacial score (nSPS) is 11.0. The molecule has 0 atom stereocenters. The van der Waals surface area contributed by atoms with Crippen LogP contribution < -0.4 is 5.32 Å². The first-order valence-corrected chi connectivity index (χ1v) is 31.5. The van der Waals surface area contributed by atoms with E-state index in [9.17, 15) is 43.2 Å². The fourth-order valence-electron chi connectivity index (χ4n) is 8.43. The van der Waals surface area contributed by atoms with E-state index in [4.69, 9.17) is 76.2 Å². The number of ketones is 7. The maximum Gasteiger partial charge on any atom is 0.359 e. The standard InChI is InChI=1S/C9H17NO5.C9H20NO4.C8H18NO3.C7H15NO3.C7H13NO2.C7H16NO2.C6H13NO3.C4H9NO2.2C2H6.4CH3.ClH.H2O/c1-8(13)6-10(2-4-11,3-5-12)7-9(14)15;1-9(14)8-10(2-5-11,3-6-12)4-7-13;1-8(12)7-9(2,3-5-10)4-6-11;1-7(11)6-8(2-4-9)3-5-10;1-7(9)6-8-2-4-10-5-3-8;1-7(10)6-8(2,3)4-5-9;1-6(10)7(2-4-8)3-5-9;1-4(7)2-5-3-6;2*1-2;;;;;;/h11-12H,2-7H2,1H3;11-13H,2-8H2,1H3;10-11H,3-7H2,1-2H3;9-10H,2-6H2,1H3;2-6H2,1H3;9H,4-6H2,1-3H3;8-9H,2-5H2,1H3;5-6H,2-3H2,1H3;2*1-2H3;4*1H3;1H;1H2/q;2*+1;;;+1;;;;;4*-1;;/p+1. The second kappa shape index (κ2) is 90.1. The zero-order valence-electron chi connectivity index (χ0n) is 64.5. The molecule has 0 unspecified atom stereocenters. The number of nitrogens with zero attached hydrogens (tertiary/aromatic N) is 7. The van der Waals surface area contributed by atoms with Gasteiger partial charge >= 0.3 is 5.97 Å². The Morgan fingerprint density at radius 2 is 0.737 bits per heavy atom. The molecule has 606 valence electrons. The third-order valence-electron chi connectivity index (χ3n) is 12.2. The number of hydrogen-bond donors (Lipinski definition) is 15. The molecule has 1 fully saturated rings. The Kier molecular flexibility index (Phi) is 119. The first kappa shape index (κ1) is 131. The molecule has 33 nitrogen and oxygen atoms in total. The minimum atomic E-state index is -1.04. The molecule has 1 rings (SSSR count). The number of aliphatic carboxylic acids is 1. The van der Waals surface area contributed by atoms with Gasteiger partial charge in [-0.3, -0.25) is 53.5 Å². The number of carbonyl (C=O) groups excluding carboxylic acids is 8. The molecule has 0 radical (unpaired) electrons. The van der Waals surface area contributed by atoms with E-state index < -0.39 is 5.97 Å². The molecule has 0 spiro atoms. The van der Waals surface area contributed by atoms with Gasteiger partial charge in [-0.2, -0.15) is 0 Å². The summed E-state index contributed by atoms with van der Waals surface area (Å²) in [7, 11) is 5.71. The number of likely N-dealkylation sites (N-methyl/N-ethyl adjacent to an activating group) is 2. The van der Waals surface area contributed by atoms with Crippen LogP contribution >= 0.6 is 12.4 Å². The molecule has 0 aromatic heterocycles. The molecule has 1 amide bonds. The number of quaternary nitrogens is 4. The first-order chi connectivity index (χ1) is 43.5. The van der Waals surface area contributed by atoms with E-state index in [1.165, 1.54) is 46.4 Å². The smallest absolute Gasteiger partial charge is 0.359 e. The highest BCUT2D eigenvalue weighted by molar-refractivity contribution is 5.85. The molecule has 34 heteroatoms. The molecular formula is C65H149ClN8O25. The van der Waals surface area contributed by atoms with E-state index in [1.807, 2.05) is 48.8 Å². The van der Waals surface area contributed by atoms with Crippen LogP contribution in [0.15, 0.2) is 0 Å². The maximum absolute atomic E-state index is 11.0. The van der Waals surface area contributed by atoms with E-state index >= 15 is 0 Å². The SMILES string of the molecule is CC.CC.CC(=O)CN(CCO)CCO.CC(=O)CN1CCOCC1.CC(=O)CNCO.CC(=O)C[N+](C)(C)CCO.CC(=O)C[N+](C)(CCO)CCO.CC(=O)C[N+](CCO)(CCO)CC(=O)O.CC(=O)C[N+](CCO)(CCO)CCO.CC(=O)N(CCO)CCO.Cl.O.[CH3-].[CH3-].[CH3-].[CH3-]. The van der Waals surface area contributed by atoms with Crippen molar-refractivity contribution < 1.29 is 143 Å². The van der Waals surface area contributed by atoms with Crippen LogP contribution in [0.25, 0.3) is 0 Å². The number of Topliss-reactive ketones (excluding diaryl/α,β-unsaturated/α-hetero) is 7. The van der Waals surface area contributed by atoms with Gasteiger partial charge in [0.2, 0.25) is 5.91 Å². The fraction of sp³-hybridized carbons (Fsp3) is 0.800. The summed E-state index contributed by atoms with van der Waals surface area (Å²) in [4.78, 5) is 101. The van der Waals surface area contributed by atoms with Crippen LogP contribution in [0.1, 0.15) is 83.1 Å². The summed E-state index contributed by atoms with van der Waals surface area (Å²) >= 11 is 0. The number of carboxylic acids is 1. The number of aliphatic hydroxyl groups excluding tert-OH is 13. The van der Waals surface area contributed by atoms with Crippen LogP contribution in [0.5, 0.6) is 0 Å². The lowest BCUT2D eigenvalue weighted by molar-refractivity contribution is -0.921. The van der Waals surface area contributed by atoms with Gasteiger partial charge in [0.15, 0.2) is 29.7 Å². The van der Waals surface area contributed by atoms with Crippen molar-refractivity contribution in [1.82, 2.24) is 20.0 Å². The second-order valence-electron chi connectivity index (χ2n) is 22.1. The number of halogens is 1. The van der Waals surface area contributed by atoms with Crippen molar-refractivity contribution in [1.29, 1.82) is 0 Å². The Morgan fingerprint density at radius 1 is 0.414 bits per heavy atom. The van der Waals surface area contributed by atoms with Crippen molar-refractivity contribution in [2.24, 2.45) is 0 Å². The molecule has 0 aromatic carbocycles. The molecular weight excluding hydrogens is 1330 g/mol. The lowest BCUT2D eigenvalue weighted by Gasteiger charge is -2.36. The van der Waals surface area contributed by atoms with Crippen LogP contribution in [0, 0.1) is 29.7 Å². The highest BCUT2D eigenvalue weighted by Gasteiger charge is 2.31. The van der Waals surface area contributed by atoms with E-state index in [0.29, 0.717) is 101 Å². The Bertz CT molecular complexity index is 1770. The van der Waals surface area contributed by atoms with E-state index in [1.54, 1.807) is 18.7 Å². The number of aliphatic hydroxyl groups is 13. The van der Waals surface area contributed by atoms with Gasteiger partial charge in [0.05, 0.1) is 140 Å². The highest BCUT2D eigenvalue weighted by Crippen LogP contribution is 2.08. The van der Waals surface area contributed by atoms with Gasteiger partial charge in [0.25, 0.3) is 0 Å². The van der Waals surface area contributed by atoms with Gasteiger partial charge < -0.3 is 134 Å². The van der Waals surface area contributed by atoms with Gasteiger partial charge in [-0.15, -0.1) is 12.4 Å². The molecule has 0 saturated carbocycles. The fourth-order valence-corrected chi connectivity index (χ4v) is 8.43. The maximum atomic E-state index is 11.0. The zero-order chi connectivity index (χ0) is 74.5. The third-order valence-corrected chi connectivity index (χ3v) is 12.2. The van der Waals surface area contributed by atoms with Gasteiger partial charge in [-0.05, 0) is 20.8 Å². The monoisotopic (exact) mass is 1480 g/mol. The predicted octanol–water partition coefficient (Wildman–Crippen LogP) is -4.36. The van der Waals surface area contributed by atoms with Crippen molar-refractivity contribution in [3.05, 3.63) is 29.7 Å². The zero-order valence-corrected chi connectivity index (χ0v) is 65.4. The summed E-state index contributed by atoms with van der Waals surface area (Å²) in [6.07, 6.45) is 0. The number of amides is 1. The molecule has 1 heterocycles. The van der Waals surface area contributed by atoms with Crippen molar-refractivity contribution >= 4 is 64.8 Å². The number of carboxylic acid groups (broad SMARTS) is 1. The summed E-state index contributed by atoms with van der Waals surface area (Å²) < 4.78 is 6.29. The van der Waals surface area contributed by atoms with Gasteiger partial charge in [0.1, 0.15) is 95.9 Å². The minimum Gasteiger partial charge on any atom is -0.477 e. The van der Waals surface area contributed by atoms with Gasteiger partial charge in [0, 0.05) is 73.9 Å².